The summed E-state index contributed by atoms with van der Waals surface area (Å²) in [5, 5.41) is 12.2. The molecule has 2 aromatic carbocycles. The molecule has 0 fully saturated rings. The molecule has 7 nitrogen and oxygen atoms in total. The number of anilines is 1. The lowest BCUT2D eigenvalue weighted by Crippen LogP contribution is -2.13. The smallest absolute Gasteiger partial charge is 0.338 e. The SMILES string of the molecule is CCCCCOc1ccc(/C=C(/C#N)C(=O)Nc2ccc(C(=O)OCCCC)cc2)cc1OC. The Hall–Kier alpha value is -3.79. The molecule has 0 bridgehead atoms. The molecular formula is C27H32N2O5. The zero-order valence-corrected chi connectivity index (χ0v) is 20.1. The van der Waals surface area contributed by atoms with E-state index in [0.717, 1.165) is 32.1 Å². The summed E-state index contributed by atoms with van der Waals surface area (Å²) in [5.74, 6) is 0.187. The first-order valence-corrected chi connectivity index (χ1v) is 11.5. The highest BCUT2D eigenvalue weighted by molar-refractivity contribution is 6.09. The van der Waals surface area contributed by atoms with Gasteiger partial charge in [0.1, 0.15) is 11.6 Å². The number of methoxy groups -OCH3 is 1. The van der Waals surface area contributed by atoms with E-state index >= 15 is 0 Å². The van der Waals surface area contributed by atoms with Gasteiger partial charge in [0.05, 0.1) is 25.9 Å². The molecule has 0 heterocycles. The number of esters is 1. The number of ether oxygens (including phenoxy) is 3. The van der Waals surface area contributed by atoms with Gasteiger partial charge >= 0.3 is 5.97 Å². The third-order valence-corrected chi connectivity index (χ3v) is 4.98. The van der Waals surface area contributed by atoms with Crippen molar-refractivity contribution in [2.24, 2.45) is 0 Å². The first-order chi connectivity index (χ1) is 16.5. The minimum atomic E-state index is -0.556. The summed E-state index contributed by atoms with van der Waals surface area (Å²) in [7, 11) is 1.54. The van der Waals surface area contributed by atoms with Crippen LogP contribution in [0, 0.1) is 11.3 Å². The van der Waals surface area contributed by atoms with E-state index in [9.17, 15) is 14.9 Å². The van der Waals surface area contributed by atoms with Crippen LogP contribution in [0.3, 0.4) is 0 Å². The second kappa shape index (κ2) is 14.4. The van der Waals surface area contributed by atoms with E-state index in [1.165, 1.54) is 6.08 Å². The first kappa shape index (κ1) is 26.5. The van der Waals surface area contributed by atoms with Crippen LogP contribution >= 0.6 is 0 Å². The molecule has 0 aromatic heterocycles. The Morgan fingerprint density at radius 3 is 2.35 bits per heavy atom. The molecule has 1 N–H and O–H groups in total. The quantitative estimate of drug-likeness (QED) is 0.175. The molecule has 0 unspecified atom stereocenters. The van der Waals surface area contributed by atoms with Gasteiger partial charge in [-0.2, -0.15) is 5.26 Å². The molecule has 1 amide bonds. The fraction of sp³-hybridized carbons (Fsp3) is 0.370. The van der Waals surface area contributed by atoms with Crippen molar-refractivity contribution >= 4 is 23.6 Å². The summed E-state index contributed by atoms with van der Waals surface area (Å²) in [5.41, 5.74) is 1.43. The van der Waals surface area contributed by atoms with Gasteiger partial charge < -0.3 is 19.5 Å². The summed E-state index contributed by atoms with van der Waals surface area (Å²) < 4.78 is 16.3. The zero-order chi connectivity index (χ0) is 24.8. The molecule has 0 saturated heterocycles. The van der Waals surface area contributed by atoms with Gasteiger partial charge in [0, 0.05) is 5.69 Å². The van der Waals surface area contributed by atoms with Gasteiger partial charge in [0.2, 0.25) is 0 Å². The number of nitrogens with zero attached hydrogens (tertiary/aromatic N) is 1. The number of carbonyl (C=O) groups is 2. The number of benzene rings is 2. The molecule has 34 heavy (non-hydrogen) atoms. The van der Waals surface area contributed by atoms with Crippen LogP contribution in [0.25, 0.3) is 6.08 Å². The molecular weight excluding hydrogens is 432 g/mol. The minimum Gasteiger partial charge on any atom is -0.493 e. The largest absolute Gasteiger partial charge is 0.493 e. The molecule has 0 atom stereocenters. The van der Waals surface area contributed by atoms with Gasteiger partial charge in [0.25, 0.3) is 5.91 Å². The minimum absolute atomic E-state index is 0.0679. The number of carbonyl (C=O) groups excluding carboxylic acids is 2. The van der Waals surface area contributed by atoms with Crippen molar-refractivity contribution in [3.8, 4) is 17.6 Å². The van der Waals surface area contributed by atoms with Gasteiger partial charge in [0.15, 0.2) is 11.5 Å². The van der Waals surface area contributed by atoms with E-state index in [-0.39, 0.29) is 5.57 Å². The monoisotopic (exact) mass is 464 g/mol. The molecule has 0 aliphatic carbocycles. The molecule has 0 aliphatic heterocycles. The van der Waals surface area contributed by atoms with E-state index in [2.05, 4.69) is 12.2 Å². The Kier molecular flexibility index (Phi) is 11.2. The van der Waals surface area contributed by atoms with Crippen LogP contribution in [0.5, 0.6) is 11.5 Å². The number of nitriles is 1. The summed E-state index contributed by atoms with van der Waals surface area (Å²) in [4.78, 5) is 24.6. The number of unbranched alkanes of at least 4 members (excludes halogenated alkanes) is 3. The lowest BCUT2D eigenvalue weighted by atomic mass is 10.1. The predicted molar refractivity (Wildman–Crippen MR) is 132 cm³/mol. The number of amides is 1. The van der Waals surface area contributed by atoms with Gasteiger partial charge in [-0.3, -0.25) is 4.79 Å². The molecule has 2 rings (SSSR count). The summed E-state index contributed by atoms with van der Waals surface area (Å²) >= 11 is 0. The van der Waals surface area contributed by atoms with Crippen molar-refractivity contribution < 1.29 is 23.8 Å². The third-order valence-electron chi connectivity index (χ3n) is 4.98. The van der Waals surface area contributed by atoms with Crippen LogP contribution in [-0.2, 0) is 9.53 Å². The lowest BCUT2D eigenvalue weighted by Gasteiger charge is -2.11. The average molecular weight is 465 g/mol. The number of hydrogen-bond acceptors (Lipinski definition) is 6. The Morgan fingerprint density at radius 2 is 1.71 bits per heavy atom. The normalized spacial score (nSPS) is 10.8. The number of rotatable bonds is 13. The Morgan fingerprint density at radius 1 is 0.971 bits per heavy atom. The summed E-state index contributed by atoms with van der Waals surface area (Å²) in [6, 6.07) is 13.5. The standard InChI is InChI=1S/C27H32N2O5/c1-4-6-8-16-33-24-14-9-20(18-25(24)32-3)17-22(19-28)26(30)29-23-12-10-21(11-13-23)27(31)34-15-7-5-2/h9-14,17-18H,4-8,15-16H2,1-3H3,(H,29,30)/b22-17-. The van der Waals surface area contributed by atoms with Gasteiger partial charge in [-0.25, -0.2) is 4.79 Å². The summed E-state index contributed by atoms with van der Waals surface area (Å²) in [6.45, 7) is 5.12. The van der Waals surface area contributed by atoms with Crippen molar-refractivity contribution in [2.45, 2.75) is 46.0 Å². The topological polar surface area (TPSA) is 97.7 Å². The summed E-state index contributed by atoms with van der Waals surface area (Å²) in [6.07, 6.45) is 6.40. The first-order valence-electron chi connectivity index (χ1n) is 11.5. The van der Waals surface area contributed by atoms with E-state index < -0.39 is 11.9 Å². The molecule has 0 spiro atoms. The molecule has 180 valence electrons. The Labute approximate surface area is 201 Å². The van der Waals surface area contributed by atoms with Crippen LogP contribution in [0.1, 0.15) is 61.9 Å². The molecule has 7 heteroatoms. The fourth-order valence-corrected chi connectivity index (χ4v) is 3.02. The molecule has 0 saturated carbocycles. The second-order valence-corrected chi connectivity index (χ2v) is 7.66. The predicted octanol–water partition coefficient (Wildman–Crippen LogP) is 5.77. The third kappa shape index (κ3) is 8.28. The van der Waals surface area contributed by atoms with Crippen molar-refractivity contribution in [1.29, 1.82) is 5.26 Å². The van der Waals surface area contributed by atoms with Crippen molar-refractivity contribution in [3.05, 3.63) is 59.2 Å². The van der Waals surface area contributed by atoms with Crippen LogP contribution in [-0.4, -0.2) is 32.2 Å². The number of hydrogen-bond donors (Lipinski definition) is 1. The lowest BCUT2D eigenvalue weighted by molar-refractivity contribution is -0.112. The van der Waals surface area contributed by atoms with Crippen LogP contribution < -0.4 is 14.8 Å². The van der Waals surface area contributed by atoms with Gasteiger partial charge in [-0.1, -0.05) is 39.2 Å². The van der Waals surface area contributed by atoms with Crippen LogP contribution in [0.4, 0.5) is 5.69 Å². The van der Waals surface area contributed by atoms with E-state index in [4.69, 9.17) is 14.2 Å². The van der Waals surface area contributed by atoms with E-state index in [1.807, 2.05) is 13.0 Å². The molecule has 0 aliphatic rings. The Balaban J connectivity index is 2.05. The van der Waals surface area contributed by atoms with Crippen molar-refractivity contribution in [1.82, 2.24) is 0 Å². The van der Waals surface area contributed by atoms with E-state index in [0.29, 0.717) is 41.5 Å². The highest BCUT2D eigenvalue weighted by Crippen LogP contribution is 2.29. The highest BCUT2D eigenvalue weighted by Gasteiger charge is 2.12. The maximum atomic E-state index is 12.6. The molecule has 0 radical (unpaired) electrons. The second-order valence-electron chi connectivity index (χ2n) is 7.66. The van der Waals surface area contributed by atoms with Crippen molar-refractivity contribution in [3.63, 3.8) is 0 Å². The maximum Gasteiger partial charge on any atom is 0.338 e. The maximum absolute atomic E-state index is 12.6. The van der Waals surface area contributed by atoms with Crippen molar-refractivity contribution in [2.75, 3.05) is 25.6 Å². The highest BCUT2D eigenvalue weighted by atomic mass is 16.5. The van der Waals surface area contributed by atoms with Crippen LogP contribution in [0.15, 0.2) is 48.0 Å². The zero-order valence-electron chi connectivity index (χ0n) is 20.1. The fourth-order valence-electron chi connectivity index (χ4n) is 3.02. The van der Waals surface area contributed by atoms with Gasteiger partial charge in [-0.15, -0.1) is 0 Å². The van der Waals surface area contributed by atoms with Gasteiger partial charge in [-0.05, 0) is 60.9 Å². The van der Waals surface area contributed by atoms with Crippen LogP contribution in [0.2, 0.25) is 0 Å². The Bertz CT molecular complexity index is 1020. The molecule has 2 aromatic rings. The average Bonchev–Trinajstić information content (AvgIpc) is 2.86. The number of nitrogens with one attached hydrogen (secondary N) is 1. The van der Waals surface area contributed by atoms with E-state index in [1.54, 1.807) is 49.6 Å².